The molecule has 2 unspecified atom stereocenters. The van der Waals surface area contributed by atoms with Gasteiger partial charge in [0.25, 0.3) is 0 Å². The fraction of sp³-hybridized carbons (Fsp3) is 0.391. The number of halogens is 6. The lowest BCUT2D eigenvalue weighted by atomic mass is 9.93. The summed E-state index contributed by atoms with van der Waals surface area (Å²) in [5.41, 5.74) is 1.85. The second kappa shape index (κ2) is 11.5. The first kappa shape index (κ1) is 27.0. The minimum Gasteiger partial charge on any atom is -0.475 e. The number of carbonyl (C=O) groups excluding carboxylic acids is 1. The van der Waals surface area contributed by atoms with E-state index in [0.29, 0.717) is 46.4 Å². The summed E-state index contributed by atoms with van der Waals surface area (Å²) < 4.78 is 50.7. The van der Waals surface area contributed by atoms with Crippen molar-refractivity contribution in [3.63, 3.8) is 0 Å². The lowest BCUT2D eigenvalue weighted by Crippen LogP contribution is -2.39. The number of carboxylic acid groups (broad SMARTS) is 1. The molecule has 0 spiro atoms. The zero-order valence-electron chi connectivity index (χ0n) is 18.2. The first-order valence-electron chi connectivity index (χ1n) is 10.7. The molecule has 2 aliphatic heterocycles. The quantitative estimate of drug-likeness (QED) is 0.387. The van der Waals surface area contributed by atoms with Gasteiger partial charge in [0.15, 0.2) is 0 Å². The molecule has 3 N–H and O–H groups in total. The van der Waals surface area contributed by atoms with E-state index in [1.54, 1.807) is 24.3 Å². The van der Waals surface area contributed by atoms with Gasteiger partial charge < -0.3 is 15.2 Å². The summed E-state index contributed by atoms with van der Waals surface area (Å²) in [7, 11) is 0. The number of anilines is 1. The van der Waals surface area contributed by atoms with Crippen LogP contribution in [0.15, 0.2) is 36.4 Å². The normalized spacial score (nSPS) is 21.0. The van der Waals surface area contributed by atoms with Crippen LogP contribution in [0.4, 0.5) is 28.0 Å². The Balaban J connectivity index is 0.000000429. The molecule has 0 radical (unpaired) electrons. The number of fused-ring (bicyclic) bond motifs is 2. The van der Waals surface area contributed by atoms with E-state index in [4.69, 9.17) is 37.8 Å². The molecular weight excluding hydrogens is 515 g/mol. The summed E-state index contributed by atoms with van der Waals surface area (Å²) in [6.45, 7) is 0.402. The molecule has 190 valence electrons. The second-order valence-corrected chi connectivity index (χ2v) is 9.16. The molecule has 12 heteroatoms. The maximum atomic E-state index is 13.5. The van der Waals surface area contributed by atoms with Crippen molar-refractivity contribution in [2.24, 2.45) is 5.92 Å². The number of rotatable bonds is 4. The van der Waals surface area contributed by atoms with Crippen molar-refractivity contribution in [2.75, 3.05) is 11.9 Å². The summed E-state index contributed by atoms with van der Waals surface area (Å²) in [5, 5.41) is 14.0. The van der Waals surface area contributed by atoms with Crippen LogP contribution >= 0.6 is 23.2 Å². The molecule has 35 heavy (non-hydrogen) atoms. The van der Waals surface area contributed by atoms with E-state index in [1.807, 2.05) is 0 Å². The number of carboxylic acids is 1. The Morgan fingerprint density at radius 3 is 2.29 bits per heavy atom. The van der Waals surface area contributed by atoms with Crippen molar-refractivity contribution in [1.82, 2.24) is 5.32 Å². The molecule has 0 saturated carbocycles. The molecule has 2 fully saturated rings. The van der Waals surface area contributed by atoms with Crippen LogP contribution in [0.5, 0.6) is 0 Å². The van der Waals surface area contributed by atoms with Gasteiger partial charge in [-0.05, 0) is 61.4 Å². The summed E-state index contributed by atoms with van der Waals surface area (Å²) in [4.78, 5) is 21.3. The van der Waals surface area contributed by atoms with Gasteiger partial charge in [0.2, 0.25) is 0 Å². The van der Waals surface area contributed by atoms with Gasteiger partial charge >= 0.3 is 18.2 Å². The third-order valence-corrected chi connectivity index (χ3v) is 6.24. The Morgan fingerprint density at radius 2 is 1.71 bits per heavy atom. The zero-order valence-corrected chi connectivity index (χ0v) is 19.7. The molecule has 2 aromatic rings. The number of nitrogens with one attached hydrogen (secondary N) is 2. The van der Waals surface area contributed by atoms with E-state index < -0.39 is 24.1 Å². The number of hydrogen-bond donors (Lipinski definition) is 3. The maximum Gasteiger partial charge on any atom is 0.490 e. The largest absolute Gasteiger partial charge is 0.490 e. The minimum absolute atomic E-state index is 0.0153. The highest BCUT2D eigenvalue weighted by atomic mass is 35.5. The maximum absolute atomic E-state index is 13.5. The molecule has 1 amide bonds. The highest BCUT2D eigenvalue weighted by molar-refractivity contribution is 6.31. The molecule has 6 nitrogen and oxygen atoms in total. The summed E-state index contributed by atoms with van der Waals surface area (Å²) in [6.07, 6.45) is -1.11. The number of alkyl halides is 3. The number of benzene rings is 2. The van der Waals surface area contributed by atoms with Crippen molar-refractivity contribution in [2.45, 2.75) is 43.9 Å². The molecule has 2 saturated heterocycles. The molecule has 0 aliphatic carbocycles. The van der Waals surface area contributed by atoms with Crippen molar-refractivity contribution in [3.8, 4) is 11.1 Å². The standard InChI is InChI=1S/C21H21Cl2FN2O2.C2HF3O2/c22-14-2-5-17(13-1-6-19(24)18(23)9-13)20(10-14)26-21(27)28-11-12-7-15-3-4-16(8-12)25-15;3-2(4,5)1(6)7/h1-2,5-6,9-10,12,15-16,25H,3-4,7-8,11H2,(H,26,27);(H,6,7). The van der Waals surface area contributed by atoms with Gasteiger partial charge in [0.1, 0.15) is 5.82 Å². The molecule has 2 aliphatic rings. The number of hydrogen-bond acceptors (Lipinski definition) is 4. The first-order valence-corrected chi connectivity index (χ1v) is 11.4. The van der Waals surface area contributed by atoms with Crippen molar-refractivity contribution < 1.29 is 37.0 Å². The monoisotopic (exact) mass is 536 g/mol. The van der Waals surface area contributed by atoms with Crippen LogP contribution in [0.1, 0.15) is 25.7 Å². The lowest BCUT2D eigenvalue weighted by molar-refractivity contribution is -0.192. The van der Waals surface area contributed by atoms with E-state index in [9.17, 15) is 22.4 Å². The van der Waals surface area contributed by atoms with E-state index in [2.05, 4.69) is 10.6 Å². The van der Waals surface area contributed by atoms with Crippen LogP contribution in [0, 0.1) is 11.7 Å². The molecule has 2 heterocycles. The summed E-state index contributed by atoms with van der Waals surface area (Å²) in [6, 6.07) is 10.6. The van der Waals surface area contributed by atoms with Crippen LogP contribution in [0.2, 0.25) is 10.0 Å². The third-order valence-electron chi connectivity index (χ3n) is 5.71. The Labute approximate surface area is 208 Å². The van der Waals surface area contributed by atoms with Gasteiger partial charge in [0.05, 0.1) is 17.3 Å². The second-order valence-electron chi connectivity index (χ2n) is 8.32. The fourth-order valence-corrected chi connectivity index (χ4v) is 4.54. The predicted molar refractivity (Wildman–Crippen MR) is 123 cm³/mol. The van der Waals surface area contributed by atoms with Gasteiger partial charge in [-0.2, -0.15) is 13.2 Å². The Kier molecular flexibility index (Phi) is 8.84. The van der Waals surface area contributed by atoms with Crippen molar-refractivity contribution >= 4 is 41.0 Å². The number of ether oxygens (including phenoxy) is 1. The topological polar surface area (TPSA) is 87.7 Å². The van der Waals surface area contributed by atoms with Crippen LogP contribution in [-0.2, 0) is 9.53 Å². The molecule has 2 aromatic carbocycles. The Hall–Kier alpha value is -2.56. The van der Waals surface area contributed by atoms with Crippen LogP contribution in [-0.4, -0.2) is 42.0 Å². The summed E-state index contributed by atoms with van der Waals surface area (Å²) >= 11 is 12.0. The van der Waals surface area contributed by atoms with Crippen LogP contribution in [0.3, 0.4) is 0 Å². The van der Waals surface area contributed by atoms with E-state index in [-0.39, 0.29) is 5.02 Å². The SMILES string of the molecule is O=C(Nc1cc(Cl)ccc1-c1ccc(F)c(Cl)c1)OCC1CC2CCC(C1)N2.O=C(O)C(F)(F)F. The molecule has 0 aromatic heterocycles. The summed E-state index contributed by atoms with van der Waals surface area (Å²) in [5.74, 6) is -2.86. The smallest absolute Gasteiger partial charge is 0.475 e. The lowest BCUT2D eigenvalue weighted by Gasteiger charge is -2.28. The number of aliphatic carboxylic acids is 1. The van der Waals surface area contributed by atoms with Gasteiger partial charge in [-0.15, -0.1) is 0 Å². The number of amides is 1. The number of piperidine rings is 1. The van der Waals surface area contributed by atoms with E-state index in [1.165, 1.54) is 25.0 Å². The molecule has 2 atom stereocenters. The van der Waals surface area contributed by atoms with Gasteiger partial charge in [-0.25, -0.2) is 14.0 Å². The third kappa shape index (κ3) is 7.71. The highest BCUT2D eigenvalue weighted by Crippen LogP contribution is 2.34. The Bertz CT molecular complexity index is 1070. The zero-order chi connectivity index (χ0) is 25.8. The van der Waals surface area contributed by atoms with Crippen molar-refractivity contribution in [1.29, 1.82) is 0 Å². The van der Waals surface area contributed by atoms with Gasteiger partial charge in [-0.1, -0.05) is 35.3 Å². The average Bonchev–Trinajstić information content (AvgIpc) is 3.12. The first-order chi connectivity index (χ1) is 16.4. The predicted octanol–water partition coefficient (Wildman–Crippen LogP) is 6.51. The van der Waals surface area contributed by atoms with Crippen LogP contribution < -0.4 is 10.6 Å². The van der Waals surface area contributed by atoms with E-state index >= 15 is 0 Å². The highest BCUT2D eigenvalue weighted by Gasteiger charge is 2.38. The minimum atomic E-state index is -5.08. The fourth-order valence-electron chi connectivity index (χ4n) is 4.19. The molecule has 4 rings (SSSR count). The molecular formula is C23H22Cl2F4N2O4. The van der Waals surface area contributed by atoms with Gasteiger partial charge in [-0.3, -0.25) is 5.32 Å². The van der Waals surface area contributed by atoms with Gasteiger partial charge in [0, 0.05) is 22.7 Å². The molecule has 2 bridgehead atoms. The van der Waals surface area contributed by atoms with Crippen LogP contribution in [0.25, 0.3) is 11.1 Å². The number of carbonyl (C=O) groups is 2. The Morgan fingerprint density at radius 1 is 1.09 bits per heavy atom. The van der Waals surface area contributed by atoms with E-state index in [0.717, 1.165) is 12.8 Å². The van der Waals surface area contributed by atoms with Crippen molar-refractivity contribution in [3.05, 3.63) is 52.3 Å². The average molecular weight is 537 g/mol.